The molecule has 3 aromatic rings. The third-order valence-electron chi connectivity index (χ3n) is 5.59. The van der Waals surface area contributed by atoms with E-state index in [0.717, 1.165) is 37.7 Å². The maximum Gasteiger partial charge on any atom is 0.259 e. The zero-order chi connectivity index (χ0) is 21.1. The number of pyridine rings is 1. The number of amides is 1. The maximum absolute atomic E-state index is 12.7. The summed E-state index contributed by atoms with van der Waals surface area (Å²) in [5.41, 5.74) is 3.67. The molecule has 1 fully saturated rings. The molecular weight excluding hydrogens is 394 g/mol. The largest absolute Gasteiger partial charge is 0.354 e. The van der Waals surface area contributed by atoms with E-state index in [1.807, 2.05) is 17.5 Å². The predicted molar refractivity (Wildman–Crippen MR) is 123 cm³/mol. The van der Waals surface area contributed by atoms with Gasteiger partial charge in [0, 0.05) is 43.2 Å². The van der Waals surface area contributed by atoms with Gasteiger partial charge in [-0.1, -0.05) is 43.7 Å². The van der Waals surface area contributed by atoms with E-state index in [9.17, 15) is 4.79 Å². The van der Waals surface area contributed by atoms with E-state index >= 15 is 0 Å². The molecule has 7 heteroatoms. The van der Waals surface area contributed by atoms with Crippen molar-refractivity contribution in [2.24, 2.45) is 0 Å². The highest BCUT2D eigenvalue weighted by Crippen LogP contribution is 2.33. The fourth-order valence-corrected chi connectivity index (χ4v) is 4.38. The van der Waals surface area contributed by atoms with Crippen LogP contribution in [0.25, 0.3) is 0 Å². The Balaban J connectivity index is 1.44. The Hall–Kier alpha value is -2.77. The first-order chi connectivity index (χ1) is 14.4. The first kappa shape index (κ1) is 20.5. The second-order valence-corrected chi connectivity index (χ2v) is 8.98. The molecule has 2 aromatic heterocycles. The Bertz CT molecular complexity index is 1000. The number of carbonyl (C=O) groups excluding carboxylic acids is 1. The number of aromatic nitrogens is 2. The number of benzene rings is 1. The molecule has 0 unspecified atom stereocenters. The number of hydrogen-bond acceptors (Lipinski definition) is 6. The zero-order valence-electron chi connectivity index (χ0n) is 17.6. The highest BCUT2D eigenvalue weighted by molar-refractivity contribution is 7.14. The highest BCUT2D eigenvalue weighted by atomic mass is 32.1. The van der Waals surface area contributed by atoms with Gasteiger partial charge in [-0.15, -0.1) is 11.3 Å². The van der Waals surface area contributed by atoms with Crippen molar-refractivity contribution >= 4 is 28.2 Å². The topological polar surface area (TPSA) is 70.2 Å². The number of nitrogens with one attached hydrogen (secondary N) is 2. The average Bonchev–Trinajstić information content (AvgIpc) is 3.24. The van der Waals surface area contributed by atoms with Crippen molar-refractivity contribution in [3.05, 3.63) is 70.4 Å². The number of thiazole rings is 1. The van der Waals surface area contributed by atoms with E-state index in [1.54, 1.807) is 6.20 Å². The summed E-state index contributed by atoms with van der Waals surface area (Å²) < 4.78 is 0. The third-order valence-corrected chi connectivity index (χ3v) is 6.35. The number of carbonyl (C=O) groups is 1. The molecule has 0 radical (unpaired) electrons. The molecule has 0 aliphatic carbocycles. The summed E-state index contributed by atoms with van der Waals surface area (Å²) in [5.74, 6) is 0.716. The quantitative estimate of drug-likeness (QED) is 0.655. The summed E-state index contributed by atoms with van der Waals surface area (Å²) in [6, 6.07) is 12.2. The van der Waals surface area contributed by atoms with Crippen LogP contribution in [0.1, 0.15) is 41.0 Å². The molecule has 30 heavy (non-hydrogen) atoms. The SMILES string of the molecule is Cc1ccc(C(C)(C)c2csc(NC(=O)c3ccc(N4CCNCC4)nc3)n2)cc1. The van der Waals surface area contributed by atoms with Crippen LogP contribution >= 0.6 is 11.3 Å². The van der Waals surface area contributed by atoms with Gasteiger partial charge in [-0.25, -0.2) is 9.97 Å². The molecular formula is C23H27N5OS. The Labute approximate surface area is 181 Å². The van der Waals surface area contributed by atoms with Crippen LogP contribution in [0.2, 0.25) is 0 Å². The Morgan fingerprint density at radius 3 is 2.53 bits per heavy atom. The van der Waals surface area contributed by atoms with E-state index in [2.05, 4.69) is 70.5 Å². The normalized spacial score (nSPS) is 14.6. The summed E-state index contributed by atoms with van der Waals surface area (Å²) in [6.07, 6.45) is 1.64. The van der Waals surface area contributed by atoms with Crippen LogP contribution in [-0.2, 0) is 5.41 Å². The highest BCUT2D eigenvalue weighted by Gasteiger charge is 2.26. The Kier molecular flexibility index (Phi) is 5.83. The summed E-state index contributed by atoms with van der Waals surface area (Å²) >= 11 is 1.44. The van der Waals surface area contributed by atoms with Crippen LogP contribution in [-0.4, -0.2) is 42.1 Å². The molecule has 6 nitrogen and oxygen atoms in total. The second kappa shape index (κ2) is 8.53. The van der Waals surface area contributed by atoms with Crippen LogP contribution in [0, 0.1) is 6.92 Å². The summed E-state index contributed by atoms with van der Waals surface area (Å²) in [4.78, 5) is 24.0. The van der Waals surface area contributed by atoms with Crippen molar-refractivity contribution in [1.82, 2.24) is 15.3 Å². The van der Waals surface area contributed by atoms with Gasteiger partial charge in [0.25, 0.3) is 5.91 Å². The molecule has 1 saturated heterocycles. The summed E-state index contributed by atoms with van der Waals surface area (Å²) in [5, 5.41) is 8.86. The molecule has 1 amide bonds. The molecule has 156 valence electrons. The Morgan fingerprint density at radius 1 is 1.13 bits per heavy atom. The smallest absolute Gasteiger partial charge is 0.259 e. The molecule has 0 bridgehead atoms. The molecule has 0 spiro atoms. The van der Waals surface area contributed by atoms with Crippen LogP contribution < -0.4 is 15.5 Å². The van der Waals surface area contributed by atoms with Gasteiger partial charge in [-0.3, -0.25) is 10.1 Å². The lowest BCUT2D eigenvalue weighted by Gasteiger charge is -2.28. The van der Waals surface area contributed by atoms with Gasteiger partial charge in [-0.05, 0) is 24.6 Å². The summed E-state index contributed by atoms with van der Waals surface area (Å²) in [6.45, 7) is 10.1. The predicted octanol–water partition coefficient (Wildman–Crippen LogP) is 3.83. The molecule has 0 atom stereocenters. The van der Waals surface area contributed by atoms with Gasteiger partial charge in [0.05, 0.1) is 11.3 Å². The van der Waals surface area contributed by atoms with E-state index in [-0.39, 0.29) is 11.3 Å². The van der Waals surface area contributed by atoms with Crippen molar-refractivity contribution in [3.8, 4) is 0 Å². The van der Waals surface area contributed by atoms with E-state index in [4.69, 9.17) is 0 Å². The number of hydrogen-bond donors (Lipinski definition) is 2. The maximum atomic E-state index is 12.7. The van der Waals surface area contributed by atoms with E-state index in [1.165, 1.54) is 22.5 Å². The lowest BCUT2D eigenvalue weighted by atomic mass is 9.82. The minimum absolute atomic E-state index is 0.191. The fraction of sp³-hybridized carbons (Fsp3) is 0.348. The van der Waals surface area contributed by atoms with Gasteiger partial charge in [0.15, 0.2) is 5.13 Å². The molecule has 2 N–H and O–H groups in total. The van der Waals surface area contributed by atoms with Crippen molar-refractivity contribution in [1.29, 1.82) is 0 Å². The first-order valence-electron chi connectivity index (χ1n) is 10.2. The lowest BCUT2D eigenvalue weighted by Crippen LogP contribution is -2.43. The standard InChI is InChI=1S/C23H27N5OS/c1-16-4-7-18(8-5-16)23(2,3)19-15-30-22(26-19)27-21(29)17-6-9-20(25-14-17)28-12-10-24-11-13-28/h4-9,14-15,24H,10-13H2,1-3H3,(H,26,27,29). The number of nitrogens with zero attached hydrogens (tertiary/aromatic N) is 3. The van der Waals surface area contributed by atoms with Crippen LogP contribution in [0.5, 0.6) is 0 Å². The van der Waals surface area contributed by atoms with Crippen molar-refractivity contribution < 1.29 is 4.79 Å². The molecule has 3 heterocycles. The van der Waals surface area contributed by atoms with Gasteiger partial charge in [0.2, 0.25) is 0 Å². The van der Waals surface area contributed by atoms with Gasteiger partial charge in [-0.2, -0.15) is 0 Å². The molecule has 1 aromatic carbocycles. The van der Waals surface area contributed by atoms with Gasteiger partial charge < -0.3 is 10.2 Å². The van der Waals surface area contributed by atoms with Crippen molar-refractivity contribution in [3.63, 3.8) is 0 Å². The first-order valence-corrected chi connectivity index (χ1v) is 11.1. The fourth-order valence-electron chi connectivity index (χ4n) is 3.51. The van der Waals surface area contributed by atoms with Gasteiger partial charge in [0.1, 0.15) is 5.82 Å². The molecule has 0 saturated carbocycles. The van der Waals surface area contributed by atoms with E-state index in [0.29, 0.717) is 10.7 Å². The minimum atomic E-state index is -0.236. The van der Waals surface area contributed by atoms with Crippen molar-refractivity contribution in [2.75, 3.05) is 36.4 Å². The number of aryl methyl sites for hydroxylation is 1. The number of anilines is 2. The third kappa shape index (κ3) is 4.37. The van der Waals surface area contributed by atoms with Crippen molar-refractivity contribution in [2.45, 2.75) is 26.2 Å². The van der Waals surface area contributed by atoms with Crippen LogP contribution in [0.15, 0.2) is 48.0 Å². The molecule has 1 aliphatic heterocycles. The second-order valence-electron chi connectivity index (χ2n) is 8.13. The monoisotopic (exact) mass is 421 g/mol. The van der Waals surface area contributed by atoms with Crippen LogP contribution in [0.4, 0.5) is 10.9 Å². The zero-order valence-corrected chi connectivity index (χ0v) is 18.4. The number of piperazine rings is 1. The number of rotatable bonds is 5. The van der Waals surface area contributed by atoms with E-state index < -0.39 is 0 Å². The van der Waals surface area contributed by atoms with Crippen LogP contribution in [0.3, 0.4) is 0 Å². The summed E-state index contributed by atoms with van der Waals surface area (Å²) in [7, 11) is 0. The minimum Gasteiger partial charge on any atom is -0.354 e. The molecule has 4 rings (SSSR count). The molecule has 1 aliphatic rings. The Morgan fingerprint density at radius 2 is 1.87 bits per heavy atom. The lowest BCUT2D eigenvalue weighted by molar-refractivity contribution is 0.102. The van der Waals surface area contributed by atoms with Gasteiger partial charge >= 0.3 is 0 Å². The average molecular weight is 422 g/mol.